The van der Waals surface area contributed by atoms with E-state index in [9.17, 15) is 4.39 Å². The number of hydrogen-bond donors (Lipinski definition) is 0. The molecule has 8 heavy (non-hydrogen) atoms. The van der Waals surface area contributed by atoms with Crippen LogP contribution in [0.1, 0.15) is 40.0 Å². The summed E-state index contributed by atoms with van der Waals surface area (Å²) in [5.41, 5.74) is 0. The average molecular weight is 119 g/mol. The summed E-state index contributed by atoms with van der Waals surface area (Å²) in [6, 6.07) is 0. The lowest BCUT2D eigenvalue weighted by Gasteiger charge is -1.76. The molecule has 0 N–H and O–H groups in total. The van der Waals surface area contributed by atoms with Crippen molar-refractivity contribution in [1.29, 1.82) is 0 Å². The molecule has 0 atom stereocenters. The van der Waals surface area contributed by atoms with E-state index in [0.717, 1.165) is 12.8 Å². The van der Waals surface area contributed by atoms with Gasteiger partial charge in [-0.3, -0.25) is 4.39 Å². The molecule has 0 heterocycles. The van der Waals surface area contributed by atoms with Gasteiger partial charge in [0.2, 0.25) is 0 Å². The Bertz CT molecular complexity index is 18.3. The monoisotopic (exact) mass is 119 g/mol. The SMILES string of the molecule is CCC.CCCC[18F]. The Morgan fingerprint density at radius 1 is 1.12 bits per heavy atom. The smallest absolute Gasteiger partial charge is 0.0894 e. The fraction of sp³-hybridized carbons (Fsp3) is 1.00. The van der Waals surface area contributed by atoms with E-state index in [4.69, 9.17) is 0 Å². The molecule has 0 aliphatic heterocycles. The molecule has 0 aliphatic rings. The second-order valence-electron chi connectivity index (χ2n) is 1.75. The largest absolute Gasteiger partial charge is 0.251 e. The lowest BCUT2D eigenvalue weighted by atomic mass is 10.4. The summed E-state index contributed by atoms with van der Waals surface area (Å²) >= 11 is 0. The minimum Gasteiger partial charge on any atom is -0.251 e. The second-order valence-corrected chi connectivity index (χ2v) is 1.75. The van der Waals surface area contributed by atoms with Crippen molar-refractivity contribution in [3.8, 4) is 0 Å². The second kappa shape index (κ2) is 15.8. The van der Waals surface area contributed by atoms with Crippen LogP contribution in [0.4, 0.5) is 4.39 Å². The molecule has 0 rings (SSSR count). The van der Waals surface area contributed by atoms with Gasteiger partial charge in [-0.25, -0.2) is 0 Å². The zero-order chi connectivity index (χ0) is 6.83. The minimum atomic E-state index is -0.156. The van der Waals surface area contributed by atoms with Gasteiger partial charge in [0.1, 0.15) is 0 Å². The molecule has 1 heteroatoms. The minimum absolute atomic E-state index is 0.156. The van der Waals surface area contributed by atoms with Crippen molar-refractivity contribution >= 4 is 0 Å². The van der Waals surface area contributed by atoms with E-state index in [1.165, 1.54) is 6.42 Å². The highest BCUT2D eigenvalue weighted by atomic mass is 18.2. The van der Waals surface area contributed by atoms with Crippen molar-refractivity contribution in [2.75, 3.05) is 6.67 Å². The molecular weight excluding hydrogens is 102 g/mol. The summed E-state index contributed by atoms with van der Waals surface area (Å²) in [6.45, 7) is 6.07. The Hall–Kier alpha value is -0.0700. The molecule has 0 aliphatic carbocycles. The molecular formula is C7H17F. The summed E-state index contributed by atoms with van der Waals surface area (Å²) in [5.74, 6) is 0. The number of hydrogen-bond acceptors (Lipinski definition) is 0. The van der Waals surface area contributed by atoms with Gasteiger partial charge in [0.15, 0.2) is 0 Å². The van der Waals surface area contributed by atoms with E-state index in [2.05, 4.69) is 13.8 Å². The first-order valence-electron chi connectivity index (χ1n) is 3.39. The van der Waals surface area contributed by atoms with Crippen molar-refractivity contribution in [2.45, 2.75) is 40.0 Å². The molecule has 0 saturated carbocycles. The first-order valence-corrected chi connectivity index (χ1v) is 3.39. The van der Waals surface area contributed by atoms with Crippen molar-refractivity contribution in [1.82, 2.24) is 0 Å². The summed E-state index contributed by atoms with van der Waals surface area (Å²) < 4.78 is 11.0. The van der Waals surface area contributed by atoms with Crippen LogP contribution in [0, 0.1) is 0 Å². The van der Waals surface area contributed by atoms with Gasteiger partial charge >= 0.3 is 0 Å². The van der Waals surface area contributed by atoms with Crippen LogP contribution in [-0.2, 0) is 0 Å². The first kappa shape index (κ1) is 10.8. The molecule has 0 aromatic carbocycles. The highest BCUT2D eigenvalue weighted by molar-refractivity contribution is 4.23. The van der Waals surface area contributed by atoms with Crippen LogP contribution in [0.5, 0.6) is 0 Å². The maximum atomic E-state index is 11.0. The standard InChI is InChI=1S/C4H9F.C3H8/c1-2-3-4-5;1-3-2/h2-4H2,1H3;3H2,1-2H3/i5-1;. The van der Waals surface area contributed by atoms with Crippen LogP contribution in [0.3, 0.4) is 0 Å². The molecule has 0 amide bonds. The van der Waals surface area contributed by atoms with Crippen LogP contribution in [0.25, 0.3) is 0 Å². The maximum absolute atomic E-state index is 11.0. The third-order valence-electron chi connectivity index (χ3n) is 0.487. The zero-order valence-corrected chi connectivity index (χ0v) is 6.21. The topological polar surface area (TPSA) is 0 Å². The normalized spacial score (nSPS) is 7.50. The molecule has 0 bridgehead atoms. The molecule has 0 spiro atoms. The Labute approximate surface area is 52.1 Å². The zero-order valence-electron chi connectivity index (χ0n) is 6.21. The van der Waals surface area contributed by atoms with Crippen LogP contribution in [0.2, 0.25) is 0 Å². The van der Waals surface area contributed by atoms with Gasteiger partial charge < -0.3 is 0 Å². The Morgan fingerprint density at radius 3 is 1.50 bits per heavy atom. The number of halogens is 1. The van der Waals surface area contributed by atoms with E-state index >= 15 is 0 Å². The third-order valence-corrected chi connectivity index (χ3v) is 0.487. The molecule has 0 radical (unpaired) electrons. The summed E-state index contributed by atoms with van der Waals surface area (Å²) in [4.78, 5) is 0. The lowest BCUT2D eigenvalue weighted by molar-refractivity contribution is 0.469. The van der Waals surface area contributed by atoms with Gasteiger partial charge in [-0.15, -0.1) is 0 Å². The highest BCUT2D eigenvalue weighted by Gasteiger charge is 1.71. The van der Waals surface area contributed by atoms with Gasteiger partial charge in [0.25, 0.3) is 0 Å². The Balaban J connectivity index is 0. The van der Waals surface area contributed by atoms with Crippen LogP contribution < -0.4 is 0 Å². The highest BCUT2D eigenvalue weighted by Crippen LogP contribution is 1.83. The quantitative estimate of drug-likeness (QED) is 0.523. The summed E-state index contributed by atoms with van der Waals surface area (Å²) in [6.07, 6.45) is 2.94. The first-order chi connectivity index (χ1) is 3.83. The van der Waals surface area contributed by atoms with Crippen LogP contribution in [0.15, 0.2) is 0 Å². The van der Waals surface area contributed by atoms with Gasteiger partial charge in [-0.1, -0.05) is 33.6 Å². The number of rotatable bonds is 2. The van der Waals surface area contributed by atoms with Crippen LogP contribution in [-0.4, -0.2) is 6.67 Å². The lowest BCUT2D eigenvalue weighted by Crippen LogP contribution is -1.67. The van der Waals surface area contributed by atoms with E-state index in [1.807, 2.05) is 6.92 Å². The van der Waals surface area contributed by atoms with E-state index < -0.39 is 0 Å². The third kappa shape index (κ3) is 38.7. The molecule has 0 saturated heterocycles. The Kier molecular flexibility index (Phi) is 21.4. The van der Waals surface area contributed by atoms with E-state index in [-0.39, 0.29) is 6.67 Å². The predicted octanol–water partition coefficient (Wildman–Crippen LogP) is 3.17. The van der Waals surface area contributed by atoms with Gasteiger partial charge in [0, 0.05) is 0 Å². The average Bonchev–Trinajstić information content (AvgIpc) is 1.71. The number of unbranched alkanes of at least 4 members (excludes halogenated alkanes) is 1. The van der Waals surface area contributed by atoms with Gasteiger partial charge in [-0.05, 0) is 6.42 Å². The number of alkyl halides is 1. The van der Waals surface area contributed by atoms with Crippen molar-refractivity contribution < 1.29 is 4.39 Å². The Morgan fingerprint density at radius 2 is 1.50 bits per heavy atom. The maximum Gasteiger partial charge on any atom is 0.0894 e. The summed E-state index contributed by atoms with van der Waals surface area (Å²) in [5, 5.41) is 0. The fourth-order valence-electron chi connectivity index (χ4n) is 0.134. The van der Waals surface area contributed by atoms with Crippen LogP contribution >= 0.6 is 0 Å². The van der Waals surface area contributed by atoms with Crippen molar-refractivity contribution in [3.63, 3.8) is 0 Å². The molecule has 0 unspecified atom stereocenters. The molecule has 0 aromatic heterocycles. The van der Waals surface area contributed by atoms with E-state index in [0.29, 0.717) is 0 Å². The fourth-order valence-corrected chi connectivity index (χ4v) is 0.134. The van der Waals surface area contributed by atoms with E-state index in [1.54, 1.807) is 0 Å². The molecule has 0 aromatic rings. The van der Waals surface area contributed by atoms with Crippen molar-refractivity contribution in [3.05, 3.63) is 0 Å². The van der Waals surface area contributed by atoms with Gasteiger partial charge in [-0.2, -0.15) is 0 Å². The predicted molar refractivity (Wildman–Crippen MR) is 36.8 cm³/mol. The van der Waals surface area contributed by atoms with Gasteiger partial charge in [0.05, 0.1) is 6.67 Å². The summed E-state index contributed by atoms with van der Waals surface area (Å²) in [7, 11) is 0. The molecule has 0 fully saturated rings. The van der Waals surface area contributed by atoms with Crippen molar-refractivity contribution in [2.24, 2.45) is 0 Å². The molecule has 0 nitrogen and oxygen atoms in total. The molecule has 52 valence electrons.